The van der Waals surface area contributed by atoms with Crippen LogP contribution in [0.15, 0.2) is 23.1 Å². The number of nitrogens with one attached hydrogen (secondary N) is 3. The Morgan fingerprint density at radius 1 is 1.07 bits per heavy atom. The summed E-state index contributed by atoms with van der Waals surface area (Å²) in [5.74, 6) is -1.48. The maximum Gasteiger partial charge on any atom is 0.321 e. The van der Waals surface area contributed by atoms with Gasteiger partial charge in [-0.05, 0) is 61.8 Å². The topological polar surface area (TPSA) is 131 Å². The first-order valence-corrected chi connectivity index (χ1v) is 11.2. The Bertz CT molecular complexity index is 895. The predicted molar refractivity (Wildman–Crippen MR) is 104 cm³/mol. The molecule has 0 aromatic heterocycles. The average molecular weight is 423 g/mol. The standard InChI is InChI=1S/C19H25N3O6S/c23-17(22-19(25)21-15-6-7-15)12-28-18(24)9-10-20-29(26,27)16-8-5-13-3-1-2-4-14(13)11-16/h5,8,11,15,20H,1-4,6-7,9-10,12H2,(H2,21,22,23,25). The first-order chi connectivity index (χ1) is 13.8. The van der Waals surface area contributed by atoms with E-state index in [1.807, 2.05) is 6.07 Å². The van der Waals surface area contributed by atoms with Gasteiger partial charge in [-0.15, -0.1) is 0 Å². The van der Waals surface area contributed by atoms with Crippen LogP contribution in [0.25, 0.3) is 0 Å². The molecule has 0 atom stereocenters. The quantitative estimate of drug-likeness (QED) is 0.529. The van der Waals surface area contributed by atoms with Gasteiger partial charge in [0.25, 0.3) is 5.91 Å². The van der Waals surface area contributed by atoms with Crippen molar-refractivity contribution in [3.63, 3.8) is 0 Å². The van der Waals surface area contributed by atoms with Gasteiger partial charge in [-0.1, -0.05) is 6.07 Å². The lowest BCUT2D eigenvalue weighted by Gasteiger charge is -2.16. The maximum atomic E-state index is 12.4. The molecule has 158 valence electrons. The zero-order chi connectivity index (χ0) is 20.9. The number of hydrogen-bond acceptors (Lipinski definition) is 6. The van der Waals surface area contributed by atoms with Gasteiger partial charge in [0, 0.05) is 12.6 Å². The van der Waals surface area contributed by atoms with Crippen molar-refractivity contribution >= 4 is 27.9 Å². The van der Waals surface area contributed by atoms with E-state index in [1.54, 1.807) is 12.1 Å². The second kappa shape index (κ2) is 9.36. The molecule has 1 aromatic rings. The van der Waals surface area contributed by atoms with Crippen molar-refractivity contribution < 1.29 is 27.5 Å². The van der Waals surface area contributed by atoms with Crippen molar-refractivity contribution in [3.8, 4) is 0 Å². The number of amides is 3. The van der Waals surface area contributed by atoms with E-state index >= 15 is 0 Å². The lowest BCUT2D eigenvalue weighted by molar-refractivity contribution is -0.148. The minimum atomic E-state index is -3.73. The van der Waals surface area contributed by atoms with E-state index in [4.69, 9.17) is 4.74 Å². The van der Waals surface area contributed by atoms with Crippen LogP contribution in [0.5, 0.6) is 0 Å². The second-order valence-electron chi connectivity index (χ2n) is 7.24. The number of carbonyl (C=O) groups excluding carboxylic acids is 3. The van der Waals surface area contributed by atoms with Crippen LogP contribution < -0.4 is 15.4 Å². The third-order valence-electron chi connectivity index (χ3n) is 4.78. The van der Waals surface area contributed by atoms with Gasteiger partial charge in [0.05, 0.1) is 11.3 Å². The first-order valence-electron chi connectivity index (χ1n) is 9.71. The molecular formula is C19H25N3O6S. The van der Waals surface area contributed by atoms with Crippen molar-refractivity contribution in [1.29, 1.82) is 0 Å². The average Bonchev–Trinajstić information content (AvgIpc) is 3.49. The molecule has 0 aliphatic heterocycles. The van der Waals surface area contributed by atoms with E-state index < -0.39 is 34.5 Å². The Balaban J connectivity index is 1.38. The summed E-state index contributed by atoms with van der Waals surface area (Å²) in [6.45, 7) is -0.753. The predicted octanol–water partition coefficient (Wildman–Crippen LogP) is 0.765. The first kappa shape index (κ1) is 21.3. The van der Waals surface area contributed by atoms with Crippen LogP contribution in [0.4, 0.5) is 4.79 Å². The van der Waals surface area contributed by atoms with Gasteiger partial charge in [-0.3, -0.25) is 14.9 Å². The molecule has 0 spiro atoms. The Labute approximate surface area is 169 Å². The summed E-state index contributed by atoms with van der Waals surface area (Å²) in [6.07, 6.45) is 5.53. The van der Waals surface area contributed by atoms with Crippen LogP contribution in [0, 0.1) is 0 Å². The van der Waals surface area contributed by atoms with Gasteiger partial charge in [-0.2, -0.15) is 0 Å². The molecule has 1 aromatic carbocycles. The molecule has 9 nitrogen and oxygen atoms in total. The Morgan fingerprint density at radius 3 is 2.52 bits per heavy atom. The van der Waals surface area contributed by atoms with Gasteiger partial charge in [0.1, 0.15) is 0 Å². The van der Waals surface area contributed by atoms with Gasteiger partial charge in [-0.25, -0.2) is 17.9 Å². The van der Waals surface area contributed by atoms with Crippen LogP contribution in [0.2, 0.25) is 0 Å². The summed E-state index contributed by atoms with van der Waals surface area (Å²) >= 11 is 0. The highest BCUT2D eigenvalue weighted by atomic mass is 32.2. The van der Waals surface area contributed by atoms with Gasteiger partial charge >= 0.3 is 12.0 Å². The Hall–Kier alpha value is -2.46. The molecule has 10 heteroatoms. The van der Waals surface area contributed by atoms with E-state index in [2.05, 4.69) is 15.4 Å². The minimum absolute atomic E-state index is 0.105. The molecule has 0 radical (unpaired) electrons. The Morgan fingerprint density at radius 2 is 1.79 bits per heavy atom. The number of ether oxygens (including phenoxy) is 1. The van der Waals surface area contributed by atoms with Crippen molar-refractivity contribution in [3.05, 3.63) is 29.3 Å². The minimum Gasteiger partial charge on any atom is -0.456 e. The monoisotopic (exact) mass is 423 g/mol. The summed E-state index contributed by atoms with van der Waals surface area (Å²) in [5, 5.41) is 4.63. The van der Waals surface area contributed by atoms with Crippen molar-refractivity contribution in [1.82, 2.24) is 15.4 Å². The van der Waals surface area contributed by atoms with E-state index in [9.17, 15) is 22.8 Å². The largest absolute Gasteiger partial charge is 0.456 e. The van der Waals surface area contributed by atoms with Crippen molar-refractivity contribution in [2.45, 2.75) is 55.9 Å². The number of hydrogen-bond donors (Lipinski definition) is 3. The molecular weight excluding hydrogens is 398 g/mol. The van der Waals surface area contributed by atoms with E-state index in [0.29, 0.717) is 0 Å². The number of aryl methyl sites for hydroxylation is 2. The lowest BCUT2D eigenvalue weighted by Crippen LogP contribution is -2.42. The number of imide groups is 1. The number of urea groups is 1. The number of carbonyl (C=O) groups is 3. The number of fused-ring (bicyclic) bond motifs is 1. The molecule has 1 saturated carbocycles. The van der Waals surface area contributed by atoms with Gasteiger partial charge < -0.3 is 10.1 Å². The summed E-state index contributed by atoms with van der Waals surface area (Å²) < 4.78 is 31.9. The van der Waals surface area contributed by atoms with Crippen molar-refractivity contribution in [2.75, 3.05) is 13.2 Å². The fourth-order valence-electron chi connectivity index (χ4n) is 3.08. The SMILES string of the molecule is O=C(COC(=O)CCNS(=O)(=O)c1ccc2c(c1)CCCC2)NC(=O)NC1CC1. The van der Waals surface area contributed by atoms with Crippen LogP contribution in [0.3, 0.4) is 0 Å². The third kappa shape index (κ3) is 6.53. The zero-order valence-electron chi connectivity index (χ0n) is 16.0. The van der Waals surface area contributed by atoms with Crippen LogP contribution in [-0.4, -0.2) is 45.5 Å². The number of esters is 1. The third-order valence-corrected chi connectivity index (χ3v) is 6.24. The molecule has 2 aliphatic rings. The van der Waals surface area contributed by atoms with Crippen LogP contribution in [0.1, 0.15) is 43.2 Å². The summed E-state index contributed by atoms with van der Waals surface area (Å²) in [4.78, 5) is 34.8. The molecule has 0 unspecified atom stereocenters. The molecule has 0 heterocycles. The molecule has 3 N–H and O–H groups in total. The molecule has 29 heavy (non-hydrogen) atoms. The molecule has 3 rings (SSSR count). The summed E-state index contributed by atoms with van der Waals surface area (Å²) in [5.41, 5.74) is 2.23. The van der Waals surface area contributed by atoms with E-state index in [0.717, 1.165) is 44.1 Å². The number of benzene rings is 1. The summed E-state index contributed by atoms with van der Waals surface area (Å²) in [6, 6.07) is 4.59. The fraction of sp³-hybridized carbons (Fsp3) is 0.526. The summed E-state index contributed by atoms with van der Waals surface area (Å²) in [7, 11) is -3.73. The highest BCUT2D eigenvalue weighted by molar-refractivity contribution is 7.89. The number of rotatable bonds is 8. The van der Waals surface area contributed by atoms with Gasteiger partial charge in [0.15, 0.2) is 6.61 Å². The fourth-order valence-corrected chi connectivity index (χ4v) is 4.16. The van der Waals surface area contributed by atoms with Crippen molar-refractivity contribution in [2.24, 2.45) is 0 Å². The van der Waals surface area contributed by atoms with E-state index in [1.165, 1.54) is 5.56 Å². The molecule has 3 amide bonds. The molecule has 2 aliphatic carbocycles. The molecule has 1 fully saturated rings. The Kier molecular flexibility index (Phi) is 6.86. The number of sulfonamides is 1. The molecule has 0 saturated heterocycles. The smallest absolute Gasteiger partial charge is 0.321 e. The van der Waals surface area contributed by atoms with Crippen LogP contribution >= 0.6 is 0 Å². The normalized spacial score (nSPS) is 15.9. The zero-order valence-corrected chi connectivity index (χ0v) is 16.8. The lowest BCUT2D eigenvalue weighted by atomic mass is 9.92. The maximum absolute atomic E-state index is 12.4. The highest BCUT2D eigenvalue weighted by Gasteiger charge is 2.24. The molecule has 0 bridgehead atoms. The van der Waals surface area contributed by atoms with E-state index in [-0.39, 0.29) is 23.9 Å². The highest BCUT2D eigenvalue weighted by Crippen LogP contribution is 2.24. The van der Waals surface area contributed by atoms with Gasteiger partial charge in [0.2, 0.25) is 10.0 Å². The second-order valence-corrected chi connectivity index (χ2v) is 9.01. The van der Waals surface area contributed by atoms with Crippen LogP contribution in [-0.2, 0) is 37.2 Å².